The van der Waals surface area contributed by atoms with Gasteiger partial charge in [-0.05, 0) is 50.6 Å². The number of rotatable bonds is 7. The second-order valence-corrected chi connectivity index (χ2v) is 6.89. The number of aromatic nitrogens is 2. The molecule has 0 aliphatic carbocycles. The number of ketones is 1. The van der Waals surface area contributed by atoms with Crippen LogP contribution in [-0.4, -0.2) is 45.7 Å². The van der Waals surface area contributed by atoms with Gasteiger partial charge in [0.1, 0.15) is 5.69 Å². The standard InChI is InChI=1S/C22H23N3O5/c1-13-18(14(2)24-19(13)22(28)29-4)20(26)15(3)25(12-16-8-5-6-10-23-16)21(27)17-9-7-11-30-17/h5-11,15,24H,12H2,1-4H3. The summed E-state index contributed by atoms with van der Waals surface area (Å²) in [6.07, 6.45) is 3.03. The number of nitrogens with zero attached hydrogens (tertiary/aromatic N) is 2. The lowest BCUT2D eigenvalue weighted by molar-refractivity contribution is 0.0581. The predicted molar refractivity (Wildman–Crippen MR) is 108 cm³/mol. The summed E-state index contributed by atoms with van der Waals surface area (Å²) >= 11 is 0. The highest BCUT2D eigenvalue weighted by Crippen LogP contribution is 2.23. The first-order valence-corrected chi connectivity index (χ1v) is 9.41. The molecule has 1 amide bonds. The molecule has 0 spiro atoms. The summed E-state index contributed by atoms with van der Waals surface area (Å²) in [7, 11) is 1.28. The minimum Gasteiger partial charge on any atom is -0.464 e. The van der Waals surface area contributed by atoms with Crippen molar-refractivity contribution in [2.45, 2.75) is 33.4 Å². The number of esters is 1. The molecule has 156 valence electrons. The zero-order valence-electron chi connectivity index (χ0n) is 17.3. The van der Waals surface area contributed by atoms with E-state index in [0.717, 1.165) is 0 Å². The van der Waals surface area contributed by atoms with Crippen LogP contribution in [0.4, 0.5) is 0 Å². The van der Waals surface area contributed by atoms with Crippen LogP contribution in [0.2, 0.25) is 0 Å². The van der Waals surface area contributed by atoms with Crippen LogP contribution in [0.25, 0.3) is 0 Å². The monoisotopic (exact) mass is 409 g/mol. The van der Waals surface area contributed by atoms with Gasteiger partial charge in [-0.25, -0.2) is 4.79 Å². The average molecular weight is 409 g/mol. The van der Waals surface area contributed by atoms with Gasteiger partial charge < -0.3 is 19.0 Å². The van der Waals surface area contributed by atoms with E-state index in [0.29, 0.717) is 22.5 Å². The van der Waals surface area contributed by atoms with Crippen molar-refractivity contribution in [3.05, 3.63) is 76.8 Å². The molecule has 3 rings (SSSR count). The fraction of sp³-hybridized carbons (Fsp3) is 0.273. The van der Waals surface area contributed by atoms with E-state index in [2.05, 4.69) is 9.97 Å². The van der Waals surface area contributed by atoms with Gasteiger partial charge in [-0.2, -0.15) is 0 Å². The summed E-state index contributed by atoms with van der Waals surface area (Å²) in [6.45, 7) is 5.15. The number of carbonyl (C=O) groups excluding carboxylic acids is 3. The van der Waals surface area contributed by atoms with E-state index in [-0.39, 0.29) is 23.8 Å². The van der Waals surface area contributed by atoms with Gasteiger partial charge in [-0.15, -0.1) is 0 Å². The smallest absolute Gasteiger partial charge is 0.354 e. The SMILES string of the molecule is COC(=O)c1[nH]c(C)c(C(=O)C(C)N(Cc2ccccn2)C(=O)c2ccco2)c1C. The second kappa shape index (κ2) is 8.77. The van der Waals surface area contributed by atoms with Crippen LogP contribution in [0, 0.1) is 13.8 Å². The first-order chi connectivity index (χ1) is 14.3. The molecule has 0 saturated carbocycles. The zero-order valence-corrected chi connectivity index (χ0v) is 17.3. The van der Waals surface area contributed by atoms with Gasteiger partial charge in [-0.1, -0.05) is 6.07 Å². The maximum Gasteiger partial charge on any atom is 0.354 e. The molecule has 30 heavy (non-hydrogen) atoms. The molecular formula is C22H23N3O5. The molecule has 0 radical (unpaired) electrons. The van der Waals surface area contributed by atoms with Crippen LogP contribution in [0.3, 0.4) is 0 Å². The maximum absolute atomic E-state index is 13.4. The van der Waals surface area contributed by atoms with Crippen molar-refractivity contribution >= 4 is 17.7 Å². The topological polar surface area (TPSA) is 106 Å². The third-order valence-electron chi connectivity index (χ3n) is 4.97. The molecule has 8 nitrogen and oxygen atoms in total. The number of amides is 1. The fourth-order valence-electron chi connectivity index (χ4n) is 3.37. The van der Waals surface area contributed by atoms with E-state index in [9.17, 15) is 14.4 Å². The summed E-state index contributed by atoms with van der Waals surface area (Å²) in [5.41, 5.74) is 2.24. The molecule has 0 fully saturated rings. The van der Waals surface area contributed by atoms with Crippen LogP contribution in [0.1, 0.15) is 55.3 Å². The summed E-state index contributed by atoms with van der Waals surface area (Å²) < 4.78 is 10.0. The van der Waals surface area contributed by atoms with Crippen LogP contribution >= 0.6 is 0 Å². The third kappa shape index (κ3) is 4.03. The van der Waals surface area contributed by atoms with E-state index < -0.39 is 17.9 Å². The second-order valence-electron chi connectivity index (χ2n) is 6.89. The molecular weight excluding hydrogens is 386 g/mol. The Hall–Kier alpha value is -3.68. The van der Waals surface area contributed by atoms with Gasteiger partial charge in [0, 0.05) is 17.5 Å². The summed E-state index contributed by atoms with van der Waals surface area (Å²) in [4.78, 5) is 47.1. The molecule has 1 N–H and O–H groups in total. The van der Waals surface area contributed by atoms with E-state index in [4.69, 9.17) is 9.15 Å². The third-order valence-corrected chi connectivity index (χ3v) is 4.97. The molecule has 0 aliphatic heterocycles. The van der Waals surface area contributed by atoms with Crippen LogP contribution < -0.4 is 0 Å². The first-order valence-electron chi connectivity index (χ1n) is 9.41. The molecule has 0 bridgehead atoms. The molecule has 0 aliphatic rings. The number of carbonyl (C=O) groups is 3. The van der Waals surface area contributed by atoms with Gasteiger partial charge in [0.05, 0.1) is 31.7 Å². The average Bonchev–Trinajstić information content (AvgIpc) is 3.39. The molecule has 0 saturated heterocycles. The van der Waals surface area contributed by atoms with Gasteiger partial charge in [0.15, 0.2) is 11.5 Å². The Morgan fingerprint density at radius 2 is 1.97 bits per heavy atom. The summed E-state index contributed by atoms with van der Waals surface area (Å²) in [5, 5.41) is 0. The van der Waals surface area contributed by atoms with E-state index >= 15 is 0 Å². The lowest BCUT2D eigenvalue weighted by atomic mass is 9.99. The Morgan fingerprint density at radius 1 is 1.20 bits per heavy atom. The van der Waals surface area contributed by atoms with Crippen molar-refractivity contribution in [1.82, 2.24) is 14.9 Å². The van der Waals surface area contributed by atoms with E-state index in [1.807, 2.05) is 6.07 Å². The van der Waals surface area contributed by atoms with Gasteiger partial charge in [0.25, 0.3) is 5.91 Å². The fourth-order valence-corrected chi connectivity index (χ4v) is 3.37. The zero-order chi connectivity index (χ0) is 21.8. The molecule has 8 heteroatoms. The van der Waals surface area contributed by atoms with E-state index in [1.165, 1.54) is 18.3 Å². The van der Waals surface area contributed by atoms with Gasteiger partial charge >= 0.3 is 5.97 Å². The number of ether oxygens (including phenoxy) is 1. The Bertz CT molecular complexity index is 1050. The van der Waals surface area contributed by atoms with Gasteiger partial charge in [0.2, 0.25) is 0 Å². The number of hydrogen-bond donors (Lipinski definition) is 1. The number of Topliss-reactive ketones (excluding diaryl/α,β-unsaturated/α-hetero) is 1. The molecule has 3 aromatic heterocycles. The lowest BCUT2D eigenvalue weighted by Gasteiger charge is -2.27. The minimum absolute atomic E-state index is 0.125. The molecule has 3 heterocycles. The number of aryl methyl sites for hydroxylation is 1. The Labute approximate surface area is 173 Å². The molecule has 3 aromatic rings. The van der Waals surface area contributed by atoms with Crippen LogP contribution in [-0.2, 0) is 11.3 Å². The van der Waals surface area contributed by atoms with Gasteiger partial charge in [-0.3, -0.25) is 14.6 Å². The number of nitrogens with one attached hydrogen (secondary N) is 1. The highest BCUT2D eigenvalue weighted by molar-refractivity contribution is 6.07. The van der Waals surface area contributed by atoms with Crippen molar-refractivity contribution in [2.24, 2.45) is 0 Å². The summed E-state index contributed by atoms with van der Waals surface area (Å²) in [6, 6.07) is 7.70. The highest BCUT2D eigenvalue weighted by atomic mass is 16.5. The number of aromatic amines is 1. The molecule has 1 atom stereocenters. The first kappa shape index (κ1) is 21.0. The Balaban J connectivity index is 1.97. The number of methoxy groups -OCH3 is 1. The normalized spacial score (nSPS) is 11.7. The number of H-pyrrole nitrogens is 1. The van der Waals surface area contributed by atoms with Crippen molar-refractivity contribution in [2.75, 3.05) is 7.11 Å². The minimum atomic E-state index is -0.830. The van der Waals surface area contributed by atoms with Crippen molar-refractivity contribution in [1.29, 1.82) is 0 Å². The largest absolute Gasteiger partial charge is 0.464 e. The van der Waals surface area contributed by atoms with Crippen molar-refractivity contribution in [3.63, 3.8) is 0 Å². The van der Waals surface area contributed by atoms with Crippen molar-refractivity contribution < 1.29 is 23.5 Å². The molecule has 0 aromatic carbocycles. The Kier molecular flexibility index (Phi) is 6.15. The van der Waals surface area contributed by atoms with Crippen LogP contribution in [0.15, 0.2) is 47.2 Å². The highest BCUT2D eigenvalue weighted by Gasteiger charge is 2.32. The van der Waals surface area contributed by atoms with Crippen LogP contribution in [0.5, 0.6) is 0 Å². The number of furan rings is 1. The van der Waals surface area contributed by atoms with Crippen molar-refractivity contribution in [3.8, 4) is 0 Å². The number of hydrogen-bond acceptors (Lipinski definition) is 6. The Morgan fingerprint density at radius 3 is 2.57 bits per heavy atom. The van der Waals surface area contributed by atoms with E-state index in [1.54, 1.807) is 51.2 Å². The lowest BCUT2D eigenvalue weighted by Crippen LogP contribution is -2.43. The summed E-state index contributed by atoms with van der Waals surface area (Å²) in [5.74, 6) is -1.15. The quantitative estimate of drug-likeness (QED) is 0.474. The predicted octanol–water partition coefficient (Wildman–Crippen LogP) is 3.32. The number of pyridine rings is 1. The molecule has 1 unspecified atom stereocenters. The maximum atomic E-state index is 13.4.